The molecular weight excluding hydrogens is 234 g/mol. The first-order valence-electron chi connectivity index (χ1n) is 7.21. The maximum Gasteiger partial charge on any atom is 0.156 e. The minimum Gasteiger partial charge on any atom is -0.365 e. The first kappa shape index (κ1) is 12.5. The van der Waals surface area contributed by atoms with E-state index in [0.29, 0.717) is 6.04 Å². The van der Waals surface area contributed by atoms with Gasteiger partial charge in [-0.1, -0.05) is 26.8 Å². The number of anilines is 1. The van der Waals surface area contributed by atoms with Gasteiger partial charge in [0.15, 0.2) is 5.82 Å². The van der Waals surface area contributed by atoms with Crippen LogP contribution in [0.2, 0.25) is 0 Å². The Bertz CT molecular complexity index is 600. The van der Waals surface area contributed by atoms with Crippen molar-refractivity contribution in [2.45, 2.75) is 58.4 Å². The minimum atomic E-state index is 0.128. The predicted molar refractivity (Wildman–Crippen MR) is 80.8 cm³/mol. The molecule has 1 aliphatic carbocycles. The zero-order chi connectivity index (χ0) is 13.6. The van der Waals surface area contributed by atoms with Crippen LogP contribution < -0.4 is 5.32 Å². The summed E-state index contributed by atoms with van der Waals surface area (Å²) in [6.07, 6.45) is 3.88. The lowest BCUT2D eigenvalue weighted by Crippen LogP contribution is -2.27. The zero-order valence-electron chi connectivity index (χ0n) is 12.3. The van der Waals surface area contributed by atoms with Crippen LogP contribution in [0.15, 0.2) is 12.1 Å². The van der Waals surface area contributed by atoms with Gasteiger partial charge in [0.2, 0.25) is 0 Å². The van der Waals surface area contributed by atoms with Gasteiger partial charge in [-0.2, -0.15) is 5.10 Å². The van der Waals surface area contributed by atoms with E-state index in [0.717, 1.165) is 11.3 Å². The molecule has 0 amide bonds. The van der Waals surface area contributed by atoms with Crippen LogP contribution in [0.3, 0.4) is 0 Å². The Kier molecular flexibility index (Phi) is 2.80. The highest BCUT2D eigenvalue weighted by molar-refractivity contribution is 5.94. The van der Waals surface area contributed by atoms with E-state index >= 15 is 0 Å². The standard InChI is InChI=1S/C16H23N3/c1-10-8-9-12-13(14(10)16(2,3)4)15(19-18-12)17-11-6-5-7-11/h8-9,11H,5-7H2,1-4H3,(H2,17,18,19). The Labute approximate surface area is 114 Å². The summed E-state index contributed by atoms with van der Waals surface area (Å²) in [7, 11) is 0. The minimum absolute atomic E-state index is 0.128. The number of aromatic amines is 1. The van der Waals surface area contributed by atoms with E-state index in [1.807, 2.05) is 0 Å². The maximum atomic E-state index is 4.50. The maximum absolute atomic E-state index is 4.50. The van der Waals surface area contributed by atoms with E-state index in [1.54, 1.807) is 0 Å². The number of aromatic nitrogens is 2. The van der Waals surface area contributed by atoms with Crippen molar-refractivity contribution in [3.63, 3.8) is 0 Å². The fourth-order valence-electron chi connectivity index (χ4n) is 3.03. The Morgan fingerprint density at radius 3 is 2.58 bits per heavy atom. The van der Waals surface area contributed by atoms with E-state index in [9.17, 15) is 0 Å². The topological polar surface area (TPSA) is 40.7 Å². The van der Waals surface area contributed by atoms with Crippen molar-refractivity contribution < 1.29 is 0 Å². The normalized spacial score (nSPS) is 16.6. The third-order valence-electron chi connectivity index (χ3n) is 4.13. The van der Waals surface area contributed by atoms with Crippen LogP contribution in [0.5, 0.6) is 0 Å². The van der Waals surface area contributed by atoms with Gasteiger partial charge < -0.3 is 5.32 Å². The summed E-state index contributed by atoms with van der Waals surface area (Å²) in [6.45, 7) is 9.01. The number of nitrogens with one attached hydrogen (secondary N) is 2. The summed E-state index contributed by atoms with van der Waals surface area (Å²) in [5.41, 5.74) is 4.01. The third-order valence-corrected chi connectivity index (χ3v) is 4.13. The largest absolute Gasteiger partial charge is 0.365 e. The number of H-pyrrole nitrogens is 1. The molecule has 0 radical (unpaired) electrons. The van der Waals surface area contributed by atoms with Gasteiger partial charge in [-0.25, -0.2) is 0 Å². The van der Waals surface area contributed by atoms with Gasteiger partial charge in [-0.3, -0.25) is 5.10 Å². The first-order valence-corrected chi connectivity index (χ1v) is 7.21. The predicted octanol–water partition coefficient (Wildman–Crippen LogP) is 4.13. The molecule has 19 heavy (non-hydrogen) atoms. The number of hydrogen-bond acceptors (Lipinski definition) is 2. The van der Waals surface area contributed by atoms with Gasteiger partial charge in [-0.15, -0.1) is 0 Å². The fourth-order valence-corrected chi connectivity index (χ4v) is 3.03. The molecule has 2 aromatic rings. The van der Waals surface area contributed by atoms with Crippen molar-refractivity contribution in [1.29, 1.82) is 0 Å². The lowest BCUT2D eigenvalue weighted by atomic mass is 9.81. The average Bonchev–Trinajstić information content (AvgIpc) is 2.64. The lowest BCUT2D eigenvalue weighted by Gasteiger charge is -2.28. The van der Waals surface area contributed by atoms with Gasteiger partial charge in [-0.05, 0) is 48.8 Å². The second-order valence-corrected chi connectivity index (χ2v) is 6.77. The van der Waals surface area contributed by atoms with Crippen molar-refractivity contribution in [1.82, 2.24) is 10.2 Å². The van der Waals surface area contributed by atoms with Gasteiger partial charge in [0, 0.05) is 11.4 Å². The molecule has 2 N–H and O–H groups in total. The van der Waals surface area contributed by atoms with Crippen molar-refractivity contribution >= 4 is 16.7 Å². The molecule has 1 aromatic carbocycles. The molecule has 1 aromatic heterocycles. The summed E-state index contributed by atoms with van der Waals surface area (Å²) in [6, 6.07) is 4.94. The molecule has 1 fully saturated rings. The first-order chi connectivity index (χ1) is 8.97. The summed E-state index contributed by atoms with van der Waals surface area (Å²) in [5, 5.41) is 12.5. The Morgan fingerprint density at radius 1 is 1.26 bits per heavy atom. The van der Waals surface area contributed by atoms with Crippen LogP contribution in [-0.2, 0) is 5.41 Å². The Hall–Kier alpha value is -1.51. The Balaban J connectivity index is 2.15. The van der Waals surface area contributed by atoms with Crippen molar-refractivity contribution in [2.24, 2.45) is 0 Å². The summed E-state index contributed by atoms with van der Waals surface area (Å²) < 4.78 is 0. The second-order valence-electron chi connectivity index (χ2n) is 6.77. The molecule has 0 spiro atoms. The van der Waals surface area contributed by atoms with Crippen LogP contribution in [0.1, 0.15) is 51.2 Å². The number of benzene rings is 1. The van der Waals surface area contributed by atoms with Crippen LogP contribution >= 0.6 is 0 Å². The molecule has 0 unspecified atom stereocenters. The molecule has 1 saturated carbocycles. The second kappa shape index (κ2) is 4.26. The molecule has 1 aliphatic rings. The fraction of sp³-hybridized carbons (Fsp3) is 0.562. The van der Waals surface area contributed by atoms with Crippen molar-refractivity contribution in [2.75, 3.05) is 5.32 Å². The smallest absolute Gasteiger partial charge is 0.156 e. The number of fused-ring (bicyclic) bond motifs is 1. The zero-order valence-corrected chi connectivity index (χ0v) is 12.3. The third kappa shape index (κ3) is 2.11. The number of aryl methyl sites for hydroxylation is 1. The van der Waals surface area contributed by atoms with Gasteiger partial charge >= 0.3 is 0 Å². The summed E-state index contributed by atoms with van der Waals surface area (Å²) in [5.74, 6) is 1.04. The molecule has 3 rings (SSSR count). The van der Waals surface area contributed by atoms with Crippen LogP contribution in [0.25, 0.3) is 10.9 Å². The van der Waals surface area contributed by atoms with E-state index < -0.39 is 0 Å². The highest BCUT2D eigenvalue weighted by atomic mass is 15.2. The van der Waals surface area contributed by atoms with E-state index in [1.165, 1.54) is 35.8 Å². The number of rotatable bonds is 2. The monoisotopic (exact) mass is 257 g/mol. The Morgan fingerprint density at radius 2 is 2.00 bits per heavy atom. The van der Waals surface area contributed by atoms with E-state index in [4.69, 9.17) is 0 Å². The molecule has 1 heterocycles. The van der Waals surface area contributed by atoms with Crippen LogP contribution in [0, 0.1) is 6.92 Å². The number of nitrogens with zero attached hydrogens (tertiary/aromatic N) is 1. The molecule has 0 saturated heterocycles. The van der Waals surface area contributed by atoms with Gasteiger partial charge in [0.05, 0.1) is 5.52 Å². The molecule has 0 bridgehead atoms. The van der Waals surface area contributed by atoms with E-state index in [-0.39, 0.29) is 5.41 Å². The molecule has 3 nitrogen and oxygen atoms in total. The lowest BCUT2D eigenvalue weighted by molar-refractivity contribution is 0.444. The molecule has 3 heteroatoms. The summed E-state index contributed by atoms with van der Waals surface area (Å²) in [4.78, 5) is 0. The van der Waals surface area contributed by atoms with Gasteiger partial charge in [0.25, 0.3) is 0 Å². The van der Waals surface area contributed by atoms with Crippen LogP contribution in [0.4, 0.5) is 5.82 Å². The SMILES string of the molecule is Cc1ccc2[nH]nc(NC3CCC3)c2c1C(C)(C)C. The molecular formula is C16H23N3. The highest BCUT2D eigenvalue weighted by Gasteiger charge is 2.25. The highest BCUT2D eigenvalue weighted by Crippen LogP contribution is 2.37. The molecule has 0 aliphatic heterocycles. The van der Waals surface area contributed by atoms with Crippen molar-refractivity contribution in [3.05, 3.63) is 23.3 Å². The van der Waals surface area contributed by atoms with E-state index in [2.05, 4.69) is 55.3 Å². The molecule has 102 valence electrons. The quantitative estimate of drug-likeness (QED) is 0.849. The van der Waals surface area contributed by atoms with Gasteiger partial charge in [0.1, 0.15) is 0 Å². The van der Waals surface area contributed by atoms with Crippen molar-refractivity contribution in [3.8, 4) is 0 Å². The average molecular weight is 257 g/mol. The number of hydrogen-bond donors (Lipinski definition) is 2. The van der Waals surface area contributed by atoms with Crippen LogP contribution in [-0.4, -0.2) is 16.2 Å². The summed E-state index contributed by atoms with van der Waals surface area (Å²) >= 11 is 0. The molecule has 0 atom stereocenters.